The lowest BCUT2D eigenvalue weighted by Gasteiger charge is -2.09. The van der Waals surface area contributed by atoms with E-state index >= 15 is 0 Å². The molecule has 1 unspecified atom stereocenters. The summed E-state index contributed by atoms with van der Waals surface area (Å²) in [6, 6.07) is 6.72. The summed E-state index contributed by atoms with van der Waals surface area (Å²) in [5, 5.41) is 0.242. The van der Waals surface area contributed by atoms with Gasteiger partial charge in [0.1, 0.15) is 11.6 Å². The van der Waals surface area contributed by atoms with Crippen molar-refractivity contribution in [3.63, 3.8) is 0 Å². The summed E-state index contributed by atoms with van der Waals surface area (Å²) in [5.41, 5.74) is 1.62. The fourth-order valence-electron chi connectivity index (χ4n) is 2.98. The molecule has 1 amide bonds. The van der Waals surface area contributed by atoms with Crippen LogP contribution in [-0.2, 0) is 24.2 Å². The Balaban J connectivity index is 1.91. The molecule has 3 rings (SSSR count). The van der Waals surface area contributed by atoms with E-state index in [0.29, 0.717) is 29.2 Å². The molecular weight excluding hydrogens is 429 g/mol. The number of nitrogens with zero attached hydrogens (tertiary/aromatic N) is 2. The maximum atomic E-state index is 14.8. The molecule has 0 fully saturated rings. The van der Waals surface area contributed by atoms with Crippen LogP contribution in [0.2, 0.25) is 0 Å². The van der Waals surface area contributed by atoms with Crippen molar-refractivity contribution in [1.82, 2.24) is 14.3 Å². The zero-order chi connectivity index (χ0) is 21.8. The molecule has 160 valence electrons. The van der Waals surface area contributed by atoms with E-state index in [2.05, 4.69) is 18.8 Å². The number of nitrogens with one attached hydrogen (secondary N) is 1. The molecule has 0 saturated carbocycles. The summed E-state index contributed by atoms with van der Waals surface area (Å²) in [4.78, 5) is 16.9. The van der Waals surface area contributed by atoms with Gasteiger partial charge in [0.2, 0.25) is 0 Å². The molecular formula is C20H22FN3O4S2. The average molecular weight is 452 g/mol. The second-order valence-electron chi connectivity index (χ2n) is 7.16. The number of carbonyl (C=O) groups is 1. The van der Waals surface area contributed by atoms with Crippen LogP contribution in [0, 0.1) is 18.7 Å². The highest BCUT2D eigenvalue weighted by Crippen LogP contribution is 2.40. The first-order chi connectivity index (χ1) is 14.2. The fourth-order valence-corrected chi connectivity index (χ4v) is 4.40. The zero-order valence-electron chi connectivity index (χ0n) is 16.7. The maximum Gasteiger partial charge on any atom is 0.427 e. The van der Waals surface area contributed by atoms with Crippen molar-refractivity contribution in [3.8, 4) is 16.2 Å². The number of imidazole rings is 1. The second-order valence-corrected chi connectivity index (χ2v) is 8.96. The molecule has 10 heteroatoms. The van der Waals surface area contributed by atoms with Crippen molar-refractivity contribution >= 4 is 28.7 Å². The monoisotopic (exact) mass is 451 g/mol. The van der Waals surface area contributed by atoms with Gasteiger partial charge in [0.25, 0.3) is 11.3 Å². The molecule has 2 heterocycles. The Morgan fingerprint density at radius 2 is 2.17 bits per heavy atom. The van der Waals surface area contributed by atoms with Gasteiger partial charge in [-0.25, -0.2) is 23.1 Å². The Morgan fingerprint density at radius 3 is 2.77 bits per heavy atom. The lowest BCUT2D eigenvalue weighted by Crippen LogP contribution is -2.28. The predicted molar refractivity (Wildman–Crippen MR) is 114 cm³/mol. The van der Waals surface area contributed by atoms with E-state index in [4.69, 9.17) is 9.29 Å². The van der Waals surface area contributed by atoms with Gasteiger partial charge in [-0.1, -0.05) is 26.0 Å². The molecule has 0 bridgehead atoms. The highest BCUT2D eigenvalue weighted by molar-refractivity contribution is 7.77. The van der Waals surface area contributed by atoms with Gasteiger partial charge in [-0.05, 0) is 37.0 Å². The molecule has 3 aromatic rings. The van der Waals surface area contributed by atoms with E-state index in [-0.39, 0.29) is 10.9 Å². The van der Waals surface area contributed by atoms with E-state index < -0.39 is 17.4 Å². The standard InChI is InChI=1S/C20H22FN3O4S2/c1-12(2)8-16-10-17(19(29-16)28-20(25)23-30(26)27)14-4-5-15(18(21)9-14)11-24-7-6-22-13(24)3/h4-7,9-10,12H,8,11H2,1-3H3,(H,23,25)(H,26,27). The van der Waals surface area contributed by atoms with Gasteiger partial charge in [-0.2, -0.15) is 0 Å². The number of thiophene rings is 1. The highest BCUT2D eigenvalue weighted by Gasteiger charge is 2.18. The first kappa shape index (κ1) is 22.1. The predicted octanol–water partition coefficient (Wildman–Crippen LogP) is 4.53. The van der Waals surface area contributed by atoms with Gasteiger partial charge < -0.3 is 9.30 Å². The summed E-state index contributed by atoms with van der Waals surface area (Å²) in [6.07, 6.45) is 3.16. The molecule has 30 heavy (non-hydrogen) atoms. The fraction of sp³-hybridized carbons (Fsp3) is 0.300. The average Bonchev–Trinajstić information content (AvgIpc) is 3.21. The van der Waals surface area contributed by atoms with Gasteiger partial charge in [0.05, 0.1) is 6.54 Å². The molecule has 0 spiro atoms. The van der Waals surface area contributed by atoms with E-state index in [1.54, 1.807) is 29.2 Å². The smallest absolute Gasteiger partial charge is 0.398 e. The van der Waals surface area contributed by atoms with E-state index in [9.17, 15) is 13.4 Å². The van der Waals surface area contributed by atoms with Crippen LogP contribution in [0.5, 0.6) is 5.06 Å². The van der Waals surface area contributed by atoms with Gasteiger partial charge >= 0.3 is 6.09 Å². The molecule has 0 aliphatic heterocycles. The molecule has 2 aromatic heterocycles. The summed E-state index contributed by atoms with van der Waals surface area (Å²) in [7, 11) is 0. The number of aromatic nitrogens is 2. The van der Waals surface area contributed by atoms with Crippen molar-refractivity contribution in [2.75, 3.05) is 0 Å². The Morgan fingerprint density at radius 1 is 1.40 bits per heavy atom. The topological polar surface area (TPSA) is 93.5 Å². The van der Waals surface area contributed by atoms with Gasteiger partial charge in [-0.3, -0.25) is 4.55 Å². The van der Waals surface area contributed by atoms with Gasteiger partial charge in [0.15, 0.2) is 5.06 Å². The number of benzene rings is 1. The molecule has 0 aliphatic carbocycles. The number of hydrogen-bond donors (Lipinski definition) is 2. The number of halogens is 1. The third-order valence-corrected chi connectivity index (χ3v) is 5.72. The molecule has 1 aromatic carbocycles. The number of carbonyl (C=O) groups excluding carboxylic acids is 1. The largest absolute Gasteiger partial charge is 0.427 e. The van der Waals surface area contributed by atoms with E-state index in [1.807, 2.05) is 17.6 Å². The van der Waals surface area contributed by atoms with Gasteiger partial charge in [-0.15, -0.1) is 11.3 Å². The van der Waals surface area contributed by atoms with Crippen LogP contribution in [0.4, 0.5) is 9.18 Å². The van der Waals surface area contributed by atoms with Crippen LogP contribution in [0.1, 0.15) is 30.1 Å². The molecule has 0 radical (unpaired) electrons. The summed E-state index contributed by atoms with van der Waals surface area (Å²) in [5.74, 6) is 0.780. The van der Waals surface area contributed by atoms with Crippen molar-refractivity contribution in [3.05, 3.63) is 58.7 Å². The first-order valence-electron chi connectivity index (χ1n) is 9.21. The summed E-state index contributed by atoms with van der Waals surface area (Å²) < 4.78 is 43.2. The number of hydrogen-bond acceptors (Lipinski definition) is 5. The number of rotatable bonds is 7. The molecule has 1 atom stereocenters. The Labute approximate surface area is 180 Å². The first-order valence-corrected chi connectivity index (χ1v) is 11.1. The molecule has 0 aliphatic rings. The van der Waals surface area contributed by atoms with Crippen LogP contribution in [0.3, 0.4) is 0 Å². The van der Waals surface area contributed by atoms with Crippen LogP contribution in [0.15, 0.2) is 36.7 Å². The Bertz CT molecular complexity index is 1080. The molecule has 0 saturated heterocycles. The summed E-state index contributed by atoms with van der Waals surface area (Å²) in [6.45, 7) is 6.33. The minimum Gasteiger partial charge on any atom is -0.398 e. The van der Waals surface area contributed by atoms with Crippen LogP contribution >= 0.6 is 11.3 Å². The lowest BCUT2D eigenvalue weighted by atomic mass is 10.0. The van der Waals surface area contributed by atoms with Crippen LogP contribution < -0.4 is 9.46 Å². The van der Waals surface area contributed by atoms with Crippen molar-refractivity contribution in [2.45, 2.75) is 33.7 Å². The van der Waals surface area contributed by atoms with Crippen molar-refractivity contribution in [2.24, 2.45) is 5.92 Å². The quantitative estimate of drug-likeness (QED) is 0.515. The normalized spacial score (nSPS) is 12.2. The minimum atomic E-state index is -2.53. The number of aryl methyl sites for hydroxylation is 1. The zero-order valence-corrected chi connectivity index (χ0v) is 18.3. The van der Waals surface area contributed by atoms with Crippen molar-refractivity contribution < 1.29 is 22.7 Å². The molecule has 7 nitrogen and oxygen atoms in total. The SMILES string of the molecule is Cc1nccn1Cc1ccc(-c2cc(CC(C)C)sc2OC(=O)NS(=O)O)cc1F. The number of ether oxygens (including phenoxy) is 1. The second kappa shape index (κ2) is 9.50. The van der Waals surface area contributed by atoms with Gasteiger partial charge in [0, 0.05) is 28.4 Å². The summed E-state index contributed by atoms with van der Waals surface area (Å²) >= 11 is -1.28. The third-order valence-electron chi connectivity index (χ3n) is 4.34. The molecule has 2 N–H and O–H groups in total. The van der Waals surface area contributed by atoms with Crippen molar-refractivity contribution in [1.29, 1.82) is 0 Å². The highest BCUT2D eigenvalue weighted by atomic mass is 32.2. The van der Waals surface area contributed by atoms with E-state index in [0.717, 1.165) is 17.1 Å². The maximum absolute atomic E-state index is 14.8. The Hall–Kier alpha value is -2.56. The number of amides is 1. The Kier molecular flexibility index (Phi) is 7.01. The van der Waals surface area contributed by atoms with Crippen LogP contribution in [-0.4, -0.2) is 24.4 Å². The third kappa shape index (κ3) is 5.53. The minimum absolute atomic E-state index is 0.242. The van der Waals surface area contributed by atoms with Crippen LogP contribution in [0.25, 0.3) is 11.1 Å². The van der Waals surface area contributed by atoms with E-state index in [1.165, 1.54) is 17.4 Å². The lowest BCUT2D eigenvalue weighted by molar-refractivity contribution is 0.208.